The number of rotatable bonds is 5. The molecule has 38 heavy (non-hydrogen) atoms. The smallest absolute Gasteiger partial charge is 0.267 e. The Balaban J connectivity index is 1.37. The van der Waals surface area contributed by atoms with Crippen LogP contribution < -0.4 is 11.0 Å². The van der Waals surface area contributed by atoms with Gasteiger partial charge in [0.1, 0.15) is 16.8 Å². The third-order valence-electron chi connectivity index (χ3n) is 7.38. The Morgan fingerprint density at radius 3 is 2.50 bits per heavy atom. The Morgan fingerprint density at radius 2 is 1.74 bits per heavy atom. The monoisotopic (exact) mass is 504 g/mol. The highest BCUT2D eigenvalue weighted by molar-refractivity contribution is 5.97. The lowest BCUT2D eigenvalue weighted by molar-refractivity contribution is 0.0687. The fourth-order valence-electron chi connectivity index (χ4n) is 5.34. The lowest BCUT2D eigenvalue weighted by Crippen LogP contribution is -2.42. The summed E-state index contributed by atoms with van der Waals surface area (Å²) in [6.07, 6.45) is 7.90. The lowest BCUT2D eigenvalue weighted by Gasteiger charge is -2.32. The largest absolute Gasteiger partial charge is 0.339 e. The van der Waals surface area contributed by atoms with Crippen molar-refractivity contribution < 1.29 is 4.79 Å². The van der Waals surface area contributed by atoms with E-state index in [2.05, 4.69) is 29.2 Å². The highest BCUT2D eigenvalue weighted by Crippen LogP contribution is 2.23. The molecule has 1 saturated heterocycles. The van der Waals surface area contributed by atoms with Crippen molar-refractivity contribution in [3.63, 3.8) is 0 Å². The number of fused-ring (bicyclic) bond motifs is 2. The SMILES string of the molecule is N=c1c(C(=O)N2CCC(Cc3ccccc3)CC2)cc2c(=O)n3ccccc3nc2n1Cc1cccnc1. The van der Waals surface area contributed by atoms with E-state index in [-0.39, 0.29) is 29.1 Å². The number of nitrogens with zero attached hydrogens (tertiary/aromatic N) is 5. The van der Waals surface area contributed by atoms with Crippen LogP contribution >= 0.6 is 0 Å². The van der Waals surface area contributed by atoms with Crippen LogP contribution in [-0.4, -0.2) is 42.8 Å². The number of hydrogen-bond donors (Lipinski definition) is 1. The van der Waals surface area contributed by atoms with Gasteiger partial charge >= 0.3 is 0 Å². The molecule has 0 aliphatic carbocycles. The summed E-state index contributed by atoms with van der Waals surface area (Å²) in [5, 5.41) is 9.36. The van der Waals surface area contributed by atoms with Gasteiger partial charge in [-0.15, -0.1) is 0 Å². The van der Waals surface area contributed by atoms with Gasteiger partial charge in [-0.2, -0.15) is 0 Å². The molecule has 5 heterocycles. The van der Waals surface area contributed by atoms with Crippen molar-refractivity contribution in [2.45, 2.75) is 25.8 Å². The van der Waals surface area contributed by atoms with E-state index in [1.807, 2.05) is 29.2 Å². The van der Waals surface area contributed by atoms with Gasteiger partial charge in [0.2, 0.25) is 0 Å². The van der Waals surface area contributed by atoms with E-state index in [0.717, 1.165) is 24.8 Å². The van der Waals surface area contributed by atoms with Gasteiger partial charge in [-0.05, 0) is 60.6 Å². The fraction of sp³-hybridized carbons (Fsp3) is 0.233. The van der Waals surface area contributed by atoms with Crippen LogP contribution in [0.3, 0.4) is 0 Å². The van der Waals surface area contributed by atoms with Gasteiger partial charge in [0.05, 0.1) is 17.5 Å². The number of piperidine rings is 1. The first kappa shape index (κ1) is 23.8. The quantitative estimate of drug-likeness (QED) is 0.370. The van der Waals surface area contributed by atoms with Gasteiger partial charge in [-0.25, -0.2) is 4.98 Å². The second-order valence-corrected chi connectivity index (χ2v) is 9.86. The van der Waals surface area contributed by atoms with Crippen LogP contribution in [0.15, 0.2) is 90.1 Å². The van der Waals surface area contributed by atoms with Crippen molar-refractivity contribution in [3.8, 4) is 0 Å². The van der Waals surface area contributed by atoms with Gasteiger partial charge < -0.3 is 9.47 Å². The average Bonchev–Trinajstić information content (AvgIpc) is 2.96. The van der Waals surface area contributed by atoms with Gasteiger partial charge in [-0.3, -0.25) is 24.4 Å². The van der Waals surface area contributed by atoms with E-state index < -0.39 is 0 Å². The minimum Gasteiger partial charge on any atom is -0.339 e. The number of aromatic nitrogens is 4. The highest BCUT2D eigenvalue weighted by Gasteiger charge is 2.26. The summed E-state index contributed by atoms with van der Waals surface area (Å²) in [5.74, 6) is 0.303. The number of likely N-dealkylation sites (tertiary alicyclic amines) is 1. The number of nitrogens with one attached hydrogen (secondary N) is 1. The van der Waals surface area contributed by atoms with E-state index in [0.29, 0.717) is 35.7 Å². The average molecular weight is 505 g/mol. The molecule has 8 nitrogen and oxygen atoms in total. The minimum absolute atomic E-state index is 0.0462. The molecular formula is C30H28N6O2. The molecule has 0 atom stereocenters. The molecule has 1 N–H and O–H groups in total. The normalized spacial score (nSPS) is 14.3. The predicted octanol–water partition coefficient (Wildman–Crippen LogP) is 3.67. The molecular weight excluding hydrogens is 476 g/mol. The first-order valence-corrected chi connectivity index (χ1v) is 12.9. The third kappa shape index (κ3) is 4.49. The molecule has 6 rings (SSSR count). The second kappa shape index (κ2) is 10.0. The van der Waals surface area contributed by atoms with E-state index in [1.54, 1.807) is 41.4 Å². The molecule has 0 bridgehead atoms. The Kier molecular flexibility index (Phi) is 6.29. The summed E-state index contributed by atoms with van der Waals surface area (Å²) in [4.78, 5) is 38.0. The summed E-state index contributed by atoms with van der Waals surface area (Å²) in [7, 11) is 0. The number of carbonyl (C=O) groups excluding carboxylic acids is 1. The minimum atomic E-state index is -0.263. The van der Waals surface area contributed by atoms with Crippen molar-refractivity contribution in [2.24, 2.45) is 5.92 Å². The zero-order valence-electron chi connectivity index (χ0n) is 21.0. The molecule has 1 amide bonds. The summed E-state index contributed by atoms with van der Waals surface area (Å²) < 4.78 is 3.12. The summed E-state index contributed by atoms with van der Waals surface area (Å²) >= 11 is 0. The Morgan fingerprint density at radius 1 is 0.974 bits per heavy atom. The number of amides is 1. The standard InChI is InChI=1S/C30H28N6O2/c31-27-24(29(37)34-15-11-22(12-16-34)17-21-7-2-1-3-8-21)18-25-28(36(27)20-23-9-6-13-32-19-23)33-26-10-4-5-14-35(26)30(25)38/h1-10,13-14,18-19,22,31H,11-12,15-17,20H2. The van der Waals surface area contributed by atoms with Gasteiger partial charge in [0, 0.05) is 31.7 Å². The van der Waals surface area contributed by atoms with Crippen LogP contribution in [0, 0.1) is 11.3 Å². The van der Waals surface area contributed by atoms with E-state index in [4.69, 9.17) is 10.4 Å². The Bertz CT molecular complexity index is 1740. The molecule has 0 saturated carbocycles. The van der Waals surface area contributed by atoms with E-state index >= 15 is 0 Å². The van der Waals surface area contributed by atoms with Crippen LogP contribution in [0.4, 0.5) is 0 Å². The molecule has 1 fully saturated rings. The van der Waals surface area contributed by atoms with Gasteiger partial charge in [-0.1, -0.05) is 42.5 Å². The number of hydrogen-bond acceptors (Lipinski definition) is 5. The Labute approximate surface area is 219 Å². The molecule has 5 aromatic rings. The fourth-order valence-corrected chi connectivity index (χ4v) is 5.34. The summed E-state index contributed by atoms with van der Waals surface area (Å²) in [6, 6.07) is 21.1. The topological polar surface area (TPSA) is 96.4 Å². The second-order valence-electron chi connectivity index (χ2n) is 9.86. The summed E-state index contributed by atoms with van der Waals surface area (Å²) in [5.41, 5.74) is 3.05. The maximum atomic E-state index is 13.8. The molecule has 8 heteroatoms. The van der Waals surface area contributed by atoms with Crippen LogP contribution in [-0.2, 0) is 13.0 Å². The van der Waals surface area contributed by atoms with Crippen molar-refractivity contribution in [3.05, 3.63) is 118 Å². The van der Waals surface area contributed by atoms with Gasteiger partial charge in [0.15, 0.2) is 0 Å². The summed E-state index contributed by atoms with van der Waals surface area (Å²) in [6.45, 7) is 1.54. The highest BCUT2D eigenvalue weighted by atomic mass is 16.2. The zero-order chi connectivity index (χ0) is 26.1. The molecule has 1 aliphatic heterocycles. The van der Waals surface area contributed by atoms with E-state index in [1.165, 1.54) is 9.96 Å². The molecule has 1 aliphatic rings. The Hall–Kier alpha value is -4.59. The maximum Gasteiger partial charge on any atom is 0.267 e. The predicted molar refractivity (Wildman–Crippen MR) is 145 cm³/mol. The zero-order valence-corrected chi connectivity index (χ0v) is 21.0. The first-order valence-electron chi connectivity index (χ1n) is 12.9. The van der Waals surface area contributed by atoms with Crippen LogP contribution in [0.5, 0.6) is 0 Å². The maximum absolute atomic E-state index is 13.8. The number of benzene rings is 1. The van der Waals surface area contributed by atoms with E-state index in [9.17, 15) is 9.59 Å². The lowest BCUT2D eigenvalue weighted by atomic mass is 9.90. The van der Waals surface area contributed by atoms with Crippen molar-refractivity contribution in [1.29, 1.82) is 5.41 Å². The van der Waals surface area contributed by atoms with Gasteiger partial charge in [0.25, 0.3) is 11.5 Å². The number of pyridine rings is 3. The van der Waals surface area contributed by atoms with Crippen LogP contribution in [0.2, 0.25) is 0 Å². The third-order valence-corrected chi connectivity index (χ3v) is 7.38. The molecule has 0 unspecified atom stereocenters. The van der Waals surface area contributed by atoms with Crippen molar-refractivity contribution >= 4 is 22.6 Å². The molecule has 190 valence electrons. The number of carbonyl (C=O) groups is 1. The first-order chi connectivity index (χ1) is 18.6. The molecule has 0 spiro atoms. The van der Waals surface area contributed by atoms with Crippen molar-refractivity contribution in [2.75, 3.05) is 13.1 Å². The van der Waals surface area contributed by atoms with Crippen LogP contribution in [0.25, 0.3) is 16.7 Å². The molecule has 1 aromatic carbocycles. The van der Waals surface area contributed by atoms with Crippen LogP contribution in [0.1, 0.15) is 34.3 Å². The molecule has 0 radical (unpaired) electrons. The molecule has 4 aromatic heterocycles. The van der Waals surface area contributed by atoms with Crippen molar-refractivity contribution in [1.82, 2.24) is 23.8 Å².